The molecule has 0 amide bonds. The molecule has 0 bridgehead atoms. The number of aromatic hydroxyl groups is 1. The van der Waals surface area contributed by atoms with Gasteiger partial charge in [0.15, 0.2) is 0 Å². The number of hydrogen-bond acceptors (Lipinski definition) is 1. The molecule has 0 unspecified atom stereocenters. The number of aryl methyl sites for hydroxylation is 2. The molecular weight excluding hydrogens is 184 g/mol. The van der Waals surface area contributed by atoms with Gasteiger partial charge in [-0.1, -0.05) is 30.3 Å². The lowest BCUT2D eigenvalue weighted by molar-refractivity contribution is 0.475. The molecule has 0 atom stereocenters. The van der Waals surface area contributed by atoms with Crippen LogP contribution in [0.1, 0.15) is 11.1 Å². The predicted molar refractivity (Wildman–Crippen MR) is 61.0 cm³/mol. The smallest absolute Gasteiger partial charge is 0.116 e. The zero-order chi connectivity index (χ0) is 10.3. The van der Waals surface area contributed by atoms with Crippen molar-refractivity contribution in [2.75, 3.05) is 0 Å². The van der Waals surface area contributed by atoms with E-state index in [2.05, 4.69) is 24.3 Å². The van der Waals surface area contributed by atoms with Crippen molar-refractivity contribution in [2.45, 2.75) is 12.8 Å². The highest BCUT2D eigenvalue weighted by molar-refractivity contribution is 5.74. The number of phenols is 1. The van der Waals surface area contributed by atoms with Gasteiger partial charge in [-0.2, -0.15) is 0 Å². The predicted octanol–water partition coefficient (Wildman–Crippen LogP) is 3.16. The van der Waals surface area contributed by atoms with E-state index in [-0.39, 0.29) is 0 Å². The molecule has 0 spiro atoms. The average Bonchev–Trinajstić information content (AvgIpc) is 2.29. The molecule has 1 nitrogen and oxygen atoms in total. The highest BCUT2D eigenvalue weighted by atomic mass is 16.3. The molecule has 1 heteroatoms. The first kappa shape index (κ1) is 8.54. The van der Waals surface area contributed by atoms with Crippen LogP contribution >= 0.6 is 0 Å². The van der Waals surface area contributed by atoms with Gasteiger partial charge in [0.25, 0.3) is 0 Å². The Balaban J connectivity index is 2.28. The fourth-order valence-corrected chi connectivity index (χ4v) is 2.30. The highest BCUT2D eigenvalue weighted by Gasteiger charge is 2.15. The molecule has 1 aliphatic carbocycles. The van der Waals surface area contributed by atoms with E-state index in [0.717, 1.165) is 12.8 Å². The normalized spacial score (nSPS) is 13.1. The van der Waals surface area contributed by atoms with Crippen LogP contribution in [0.25, 0.3) is 11.1 Å². The third-order valence-corrected chi connectivity index (χ3v) is 3.06. The monoisotopic (exact) mass is 196 g/mol. The molecule has 0 heterocycles. The zero-order valence-electron chi connectivity index (χ0n) is 8.40. The van der Waals surface area contributed by atoms with Gasteiger partial charge in [0, 0.05) is 0 Å². The van der Waals surface area contributed by atoms with Crippen LogP contribution in [0.2, 0.25) is 0 Å². The Morgan fingerprint density at radius 3 is 2.40 bits per heavy atom. The molecule has 0 saturated carbocycles. The molecule has 0 aliphatic heterocycles. The largest absolute Gasteiger partial charge is 0.508 e. The first-order valence-electron chi connectivity index (χ1n) is 5.25. The Morgan fingerprint density at radius 1 is 0.800 bits per heavy atom. The van der Waals surface area contributed by atoms with Crippen molar-refractivity contribution in [3.8, 4) is 16.9 Å². The molecule has 0 saturated heterocycles. The first-order valence-corrected chi connectivity index (χ1v) is 5.25. The van der Waals surface area contributed by atoms with Crippen LogP contribution in [0.5, 0.6) is 5.75 Å². The summed E-state index contributed by atoms with van der Waals surface area (Å²) in [6.07, 6.45) is 2.18. The standard InChI is InChI=1S/C14H12O/c15-12-8-7-11-6-5-10-3-1-2-4-13(10)14(11)9-12/h1-4,7-9,15H,5-6H2. The number of rotatable bonds is 0. The first-order chi connectivity index (χ1) is 7.34. The van der Waals surface area contributed by atoms with E-state index in [1.165, 1.54) is 22.3 Å². The van der Waals surface area contributed by atoms with Gasteiger partial charge in [0.05, 0.1) is 0 Å². The van der Waals surface area contributed by atoms with Gasteiger partial charge >= 0.3 is 0 Å². The summed E-state index contributed by atoms with van der Waals surface area (Å²) >= 11 is 0. The topological polar surface area (TPSA) is 20.2 Å². The maximum Gasteiger partial charge on any atom is 0.116 e. The summed E-state index contributed by atoms with van der Waals surface area (Å²) < 4.78 is 0. The molecule has 2 aromatic rings. The number of benzene rings is 2. The SMILES string of the molecule is Oc1ccc2c(c1)-c1ccccc1CC2. The van der Waals surface area contributed by atoms with Crippen LogP contribution in [0, 0.1) is 0 Å². The molecule has 0 aromatic heterocycles. The van der Waals surface area contributed by atoms with Crippen molar-refractivity contribution in [2.24, 2.45) is 0 Å². The van der Waals surface area contributed by atoms with Crippen molar-refractivity contribution in [1.29, 1.82) is 0 Å². The summed E-state index contributed by atoms with van der Waals surface area (Å²) in [5, 5.41) is 9.51. The molecule has 0 fully saturated rings. The van der Waals surface area contributed by atoms with E-state index in [9.17, 15) is 5.11 Å². The third-order valence-electron chi connectivity index (χ3n) is 3.06. The second-order valence-electron chi connectivity index (χ2n) is 4.00. The van der Waals surface area contributed by atoms with E-state index in [1.54, 1.807) is 6.07 Å². The van der Waals surface area contributed by atoms with Crippen LogP contribution in [-0.4, -0.2) is 5.11 Å². The average molecular weight is 196 g/mol. The van der Waals surface area contributed by atoms with Crippen LogP contribution < -0.4 is 0 Å². The summed E-state index contributed by atoms with van der Waals surface area (Å²) in [7, 11) is 0. The number of fused-ring (bicyclic) bond motifs is 3. The van der Waals surface area contributed by atoms with E-state index in [4.69, 9.17) is 0 Å². The van der Waals surface area contributed by atoms with E-state index in [0.29, 0.717) is 5.75 Å². The summed E-state index contributed by atoms with van der Waals surface area (Å²) in [5.41, 5.74) is 5.19. The van der Waals surface area contributed by atoms with Crippen LogP contribution in [0.4, 0.5) is 0 Å². The molecule has 15 heavy (non-hydrogen) atoms. The van der Waals surface area contributed by atoms with Crippen molar-refractivity contribution >= 4 is 0 Å². The Kier molecular flexibility index (Phi) is 1.78. The van der Waals surface area contributed by atoms with Crippen molar-refractivity contribution < 1.29 is 5.11 Å². The summed E-state index contributed by atoms with van der Waals surface area (Å²) in [5.74, 6) is 0.352. The maximum absolute atomic E-state index is 9.51. The Labute approximate surface area is 89.0 Å². The van der Waals surface area contributed by atoms with Crippen molar-refractivity contribution in [3.05, 3.63) is 53.6 Å². The molecule has 1 aliphatic rings. The summed E-state index contributed by atoms with van der Waals surface area (Å²) in [6.45, 7) is 0. The lowest BCUT2D eigenvalue weighted by Gasteiger charge is -2.19. The molecular formula is C14H12O. The van der Waals surface area contributed by atoms with E-state index >= 15 is 0 Å². The Bertz CT molecular complexity index is 514. The molecule has 1 N–H and O–H groups in total. The van der Waals surface area contributed by atoms with Gasteiger partial charge in [-0.3, -0.25) is 0 Å². The highest BCUT2D eigenvalue weighted by Crippen LogP contribution is 2.35. The third kappa shape index (κ3) is 1.32. The zero-order valence-corrected chi connectivity index (χ0v) is 8.40. The van der Waals surface area contributed by atoms with Crippen LogP contribution in [0.15, 0.2) is 42.5 Å². The molecule has 3 rings (SSSR count). The fraction of sp³-hybridized carbons (Fsp3) is 0.143. The van der Waals surface area contributed by atoms with Crippen molar-refractivity contribution in [1.82, 2.24) is 0 Å². The van der Waals surface area contributed by atoms with E-state index in [1.807, 2.05) is 12.1 Å². The van der Waals surface area contributed by atoms with Gasteiger partial charge in [-0.15, -0.1) is 0 Å². The van der Waals surface area contributed by atoms with Crippen LogP contribution in [-0.2, 0) is 12.8 Å². The Hall–Kier alpha value is -1.76. The minimum atomic E-state index is 0.352. The maximum atomic E-state index is 9.51. The molecule has 74 valence electrons. The van der Waals surface area contributed by atoms with Gasteiger partial charge in [-0.05, 0) is 47.2 Å². The van der Waals surface area contributed by atoms with Gasteiger partial charge < -0.3 is 5.11 Å². The Morgan fingerprint density at radius 2 is 1.53 bits per heavy atom. The number of hydrogen-bond donors (Lipinski definition) is 1. The fourth-order valence-electron chi connectivity index (χ4n) is 2.30. The molecule has 2 aromatic carbocycles. The van der Waals surface area contributed by atoms with Gasteiger partial charge in [0.1, 0.15) is 5.75 Å². The second-order valence-corrected chi connectivity index (χ2v) is 4.00. The molecule has 0 radical (unpaired) electrons. The van der Waals surface area contributed by atoms with E-state index < -0.39 is 0 Å². The minimum absolute atomic E-state index is 0.352. The van der Waals surface area contributed by atoms with Crippen molar-refractivity contribution in [3.63, 3.8) is 0 Å². The summed E-state index contributed by atoms with van der Waals surface area (Å²) in [6, 6.07) is 14.1. The second kappa shape index (κ2) is 3.13. The van der Waals surface area contributed by atoms with Gasteiger partial charge in [0.2, 0.25) is 0 Å². The quantitative estimate of drug-likeness (QED) is 0.686. The lowest BCUT2D eigenvalue weighted by Crippen LogP contribution is -2.03. The lowest BCUT2D eigenvalue weighted by atomic mass is 9.86. The minimum Gasteiger partial charge on any atom is -0.508 e. The number of phenolic OH excluding ortho intramolecular Hbond substituents is 1. The summed E-state index contributed by atoms with van der Waals surface area (Å²) in [4.78, 5) is 0. The van der Waals surface area contributed by atoms with Gasteiger partial charge in [-0.25, -0.2) is 0 Å². The van der Waals surface area contributed by atoms with Crippen LogP contribution in [0.3, 0.4) is 0 Å².